The summed E-state index contributed by atoms with van der Waals surface area (Å²) in [5, 5.41) is 3.53. The van der Waals surface area contributed by atoms with Crippen LogP contribution in [-0.4, -0.2) is 19.4 Å². The minimum absolute atomic E-state index is 0.145. The van der Waals surface area contributed by atoms with Crippen molar-refractivity contribution in [2.75, 3.05) is 0 Å². The summed E-state index contributed by atoms with van der Waals surface area (Å²) in [6.07, 6.45) is 1.57. The maximum Gasteiger partial charge on any atom is 0.275 e. The molecule has 6 aromatic rings. The van der Waals surface area contributed by atoms with Crippen LogP contribution in [0.5, 0.6) is 0 Å². The summed E-state index contributed by atoms with van der Waals surface area (Å²) in [6.45, 7) is 0.170. The zero-order valence-electron chi connectivity index (χ0n) is 21.4. The number of aromatic nitrogens is 3. The number of rotatable bonds is 5. The SMILES string of the molecule is Cn1c(=O)c2c(CNC(=O)c3ccn(Cc4ccccc4)c(=O)c3)c(=O)c3ccc(Cl)cc3n2c2ccccc21. The number of carbonyl (C=O) groups excluding carboxylic acids is 1. The highest BCUT2D eigenvalue weighted by atomic mass is 35.5. The molecule has 6 rings (SSSR count). The fourth-order valence-electron chi connectivity index (χ4n) is 5.08. The Morgan fingerprint density at radius 3 is 2.33 bits per heavy atom. The smallest absolute Gasteiger partial charge is 0.275 e. The maximum absolute atomic E-state index is 13.7. The van der Waals surface area contributed by atoms with Crippen LogP contribution >= 0.6 is 11.6 Å². The number of nitrogens with one attached hydrogen (secondary N) is 1. The van der Waals surface area contributed by atoms with Gasteiger partial charge in [-0.3, -0.25) is 19.2 Å². The van der Waals surface area contributed by atoms with Crippen molar-refractivity contribution in [3.05, 3.63) is 144 Å². The Morgan fingerprint density at radius 2 is 1.57 bits per heavy atom. The number of hydrogen-bond donors (Lipinski definition) is 1. The van der Waals surface area contributed by atoms with Crippen LogP contribution < -0.4 is 21.9 Å². The molecule has 0 spiro atoms. The van der Waals surface area contributed by atoms with Gasteiger partial charge in [0.15, 0.2) is 5.43 Å². The largest absolute Gasteiger partial charge is 0.348 e. The fraction of sp³-hybridized carbons (Fsp3) is 0.0968. The number of carbonyl (C=O) groups is 1. The van der Waals surface area contributed by atoms with Gasteiger partial charge in [-0.2, -0.15) is 0 Å². The lowest BCUT2D eigenvalue weighted by molar-refractivity contribution is 0.0950. The van der Waals surface area contributed by atoms with Crippen LogP contribution in [0.1, 0.15) is 21.5 Å². The molecule has 0 saturated heterocycles. The van der Waals surface area contributed by atoms with Crippen LogP contribution in [0.15, 0.2) is 106 Å². The molecule has 0 atom stereocenters. The van der Waals surface area contributed by atoms with Crippen molar-refractivity contribution in [2.45, 2.75) is 13.1 Å². The molecule has 40 heavy (non-hydrogen) atoms. The molecule has 198 valence electrons. The van der Waals surface area contributed by atoms with E-state index in [9.17, 15) is 19.2 Å². The number of para-hydroxylation sites is 2. The number of nitrogens with zero attached hydrogens (tertiary/aromatic N) is 3. The van der Waals surface area contributed by atoms with Crippen LogP contribution in [0.3, 0.4) is 0 Å². The Hall–Kier alpha value is -4.95. The van der Waals surface area contributed by atoms with Gasteiger partial charge in [0.25, 0.3) is 17.0 Å². The minimum atomic E-state index is -0.532. The summed E-state index contributed by atoms with van der Waals surface area (Å²) in [7, 11) is 1.64. The van der Waals surface area contributed by atoms with E-state index in [2.05, 4.69) is 5.32 Å². The molecular formula is C31H23ClN4O4. The number of fused-ring (bicyclic) bond motifs is 5. The predicted octanol–water partition coefficient (Wildman–Crippen LogP) is 4.10. The van der Waals surface area contributed by atoms with Crippen LogP contribution in [0.4, 0.5) is 0 Å². The van der Waals surface area contributed by atoms with E-state index < -0.39 is 5.91 Å². The number of amides is 1. The molecule has 3 aromatic heterocycles. The molecule has 9 heteroatoms. The lowest BCUT2D eigenvalue weighted by atomic mass is 10.1. The van der Waals surface area contributed by atoms with Crippen molar-refractivity contribution in [3.8, 4) is 0 Å². The third-order valence-electron chi connectivity index (χ3n) is 7.10. The molecule has 3 heterocycles. The van der Waals surface area contributed by atoms with E-state index in [1.165, 1.54) is 15.2 Å². The second-order valence-electron chi connectivity index (χ2n) is 9.56. The molecule has 0 radical (unpaired) electrons. The molecule has 0 saturated carbocycles. The van der Waals surface area contributed by atoms with Gasteiger partial charge in [-0.15, -0.1) is 0 Å². The lowest BCUT2D eigenvalue weighted by Crippen LogP contribution is -2.32. The first kappa shape index (κ1) is 25.3. The second-order valence-corrected chi connectivity index (χ2v) is 9.99. The van der Waals surface area contributed by atoms with Crippen molar-refractivity contribution in [3.63, 3.8) is 0 Å². The normalized spacial score (nSPS) is 11.3. The molecule has 1 N–H and O–H groups in total. The predicted molar refractivity (Wildman–Crippen MR) is 156 cm³/mol. The quantitative estimate of drug-likeness (QED) is 0.327. The molecule has 0 unspecified atom stereocenters. The van der Waals surface area contributed by atoms with Crippen LogP contribution in [0, 0.1) is 0 Å². The Morgan fingerprint density at radius 1 is 0.850 bits per heavy atom. The van der Waals surface area contributed by atoms with Crippen molar-refractivity contribution < 1.29 is 4.79 Å². The van der Waals surface area contributed by atoms with Crippen molar-refractivity contribution >= 4 is 45.0 Å². The molecule has 0 bridgehead atoms. The third-order valence-corrected chi connectivity index (χ3v) is 7.33. The van der Waals surface area contributed by atoms with E-state index in [0.717, 1.165) is 5.56 Å². The van der Waals surface area contributed by atoms with Crippen molar-refractivity contribution in [1.82, 2.24) is 18.9 Å². The van der Waals surface area contributed by atoms with E-state index in [4.69, 9.17) is 11.6 Å². The summed E-state index contributed by atoms with van der Waals surface area (Å²) in [6, 6.07) is 24.6. The van der Waals surface area contributed by atoms with E-state index in [1.54, 1.807) is 41.9 Å². The standard InChI is InChI=1S/C31H23ClN4O4/c1-34-24-9-5-6-10-25(24)36-26-16-21(32)11-12-22(26)29(38)23(28(36)31(34)40)17-33-30(39)20-13-14-35(27(37)15-20)18-19-7-3-2-4-8-19/h2-16H,17-18H2,1H3,(H,33,39). The first-order chi connectivity index (χ1) is 19.3. The monoisotopic (exact) mass is 550 g/mol. The third kappa shape index (κ3) is 4.28. The van der Waals surface area contributed by atoms with Crippen molar-refractivity contribution in [2.24, 2.45) is 7.05 Å². The van der Waals surface area contributed by atoms with E-state index in [-0.39, 0.29) is 39.7 Å². The number of hydrogen-bond acceptors (Lipinski definition) is 4. The van der Waals surface area contributed by atoms with Crippen LogP contribution in [-0.2, 0) is 20.1 Å². The van der Waals surface area contributed by atoms with E-state index >= 15 is 0 Å². The number of aryl methyl sites for hydroxylation is 1. The highest BCUT2D eigenvalue weighted by Crippen LogP contribution is 2.24. The Kier molecular flexibility index (Phi) is 6.32. The van der Waals surface area contributed by atoms with E-state index in [1.807, 2.05) is 54.6 Å². The molecular weight excluding hydrogens is 528 g/mol. The molecule has 0 aliphatic carbocycles. The summed E-state index contributed by atoms with van der Waals surface area (Å²) in [4.78, 5) is 53.1. The second kappa shape index (κ2) is 9.98. The Bertz CT molecular complexity index is 2150. The molecule has 0 fully saturated rings. The molecule has 0 aliphatic heterocycles. The summed E-state index contributed by atoms with van der Waals surface area (Å²) < 4.78 is 4.72. The van der Waals surface area contributed by atoms with Gasteiger partial charge in [-0.1, -0.05) is 54.1 Å². The zero-order chi connectivity index (χ0) is 28.0. The van der Waals surface area contributed by atoms with Crippen LogP contribution in [0.25, 0.3) is 27.5 Å². The maximum atomic E-state index is 13.7. The van der Waals surface area contributed by atoms with Gasteiger partial charge in [-0.25, -0.2) is 0 Å². The number of pyridine rings is 2. The van der Waals surface area contributed by atoms with Gasteiger partial charge in [-0.05, 0) is 42.0 Å². The van der Waals surface area contributed by atoms with Crippen molar-refractivity contribution in [1.29, 1.82) is 0 Å². The molecule has 3 aromatic carbocycles. The number of halogens is 1. The Balaban J connectivity index is 1.42. The fourth-order valence-corrected chi connectivity index (χ4v) is 5.25. The van der Waals surface area contributed by atoms with Gasteiger partial charge >= 0.3 is 0 Å². The minimum Gasteiger partial charge on any atom is -0.348 e. The summed E-state index contributed by atoms with van der Waals surface area (Å²) in [5.74, 6) is -0.532. The summed E-state index contributed by atoms with van der Waals surface area (Å²) >= 11 is 6.29. The average molecular weight is 551 g/mol. The molecule has 8 nitrogen and oxygen atoms in total. The lowest BCUT2D eigenvalue weighted by Gasteiger charge is -2.17. The van der Waals surface area contributed by atoms with Gasteiger partial charge in [0.1, 0.15) is 5.52 Å². The van der Waals surface area contributed by atoms with Crippen LogP contribution in [0.2, 0.25) is 5.02 Å². The van der Waals surface area contributed by atoms with Gasteiger partial charge in [0.05, 0.1) is 23.1 Å². The first-order valence-corrected chi connectivity index (χ1v) is 13.0. The highest BCUT2D eigenvalue weighted by Gasteiger charge is 2.20. The average Bonchev–Trinajstić information content (AvgIpc) is 2.96. The molecule has 0 aliphatic rings. The highest BCUT2D eigenvalue weighted by molar-refractivity contribution is 6.31. The van der Waals surface area contributed by atoms with Gasteiger partial charge in [0, 0.05) is 47.4 Å². The Labute approximate surface area is 232 Å². The first-order valence-electron chi connectivity index (χ1n) is 12.6. The summed E-state index contributed by atoms with van der Waals surface area (Å²) in [5.41, 5.74) is 2.21. The zero-order valence-corrected chi connectivity index (χ0v) is 22.2. The van der Waals surface area contributed by atoms with Gasteiger partial charge in [0.2, 0.25) is 0 Å². The topological polar surface area (TPSA) is 94.6 Å². The number of benzene rings is 3. The molecule has 1 amide bonds. The van der Waals surface area contributed by atoms with Gasteiger partial charge < -0.3 is 18.9 Å². The van der Waals surface area contributed by atoms with E-state index in [0.29, 0.717) is 33.5 Å².